The first-order chi connectivity index (χ1) is 16.4. The SMILES string of the molecule is C/C=C(/C(=O)NC(CC)C1CCCN(C(N)=O)C1)c1cnn(-c2ccc(F)cc2)c1C=CCC. The second-order valence-corrected chi connectivity index (χ2v) is 8.52. The maximum atomic E-state index is 13.4. The van der Waals surface area contributed by atoms with Gasteiger partial charge in [0.05, 0.1) is 17.6 Å². The molecule has 1 aliphatic rings. The van der Waals surface area contributed by atoms with Crippen LogP contribution in [0.25, 0.3) is 17.3 Å². The van der Waals surface area contributed by atoms with E-state index in [4.69, 9.17) is 5.73 Å². The second kappa shape index (κ2) is 11.6. The molecule has 8 heteroatoms. The lowest BCUT2D eigenvalue weighted by Gasteiger charge is -2.36. The van der Waals surface area contributed by atoms with Crippen LogP contribution in [0.3, 0.4) is 0 Å². The Kier molecular flexibility index (Phi) is 8.62. The van der Waals surface area contributed by atoms with Crippen molar-refractivity contribution >= 4 is 23.6 Å². The van der Waals surface area contributed by atoms with E-state index in [0.29, 0.717) is 29.9 Å². The highest BCUT2D eigenvalue weighted by atomic mass is 19.1. The van der Waals surface area contributed by atoms with Crippen molar-refractivity contribution in [2.75, 3.05) is 13.1 Å². The minimum absolute atomic E-state index is 0.0774. The minimum Gasteiger partial charge on any atom is -0.351 e. The molecule has 2 atom stereocenters. The Labute approximate surface area is 200 Å². The average Bonchev–Trinajstić information content (AvgIpc) is 3.25. The van der Waals surface area contributed by atoms with Gasteiger partial charge < -0.3 is 16.0 Å². The summed E-state index contributed by atoms with van der Waals surface area (Å²) >= 11 is 0. The van der Waals surface area contributed by atoms with E-state index in [1.807, 2.05) is 32.9 Å². The number of hydrogen-bond acceptors (Lipinski definition) is 3. The fraction of sp³-hybridized carbons (Fsp3) is 0.423. The lowest BCUT2D eigenvalue weighted by atomic mass is 9.89. The van der Waals surface area contributed by atoms with Crippen molar-refractivity contribution in [1.82, 2.24) is 20.0 Å². The van der Waals surface area contributed by atoms with Crippen LogP contribution in [0, 0.1) is 11.7 Å². The Hall–Kier alpha value is -3.42. The van der Waals surface area contributed by atoms with Gasteiger partial charge in [-0.25, -0.2) is 13.9 Å². The summed E-state index contributed by atoms with van der Waals surface area (Å²) in [5.74, 6) is -0.358. The van der Waals surface area contributed by atoms with Crippen LogP contribution in [-0.2, 0) is 4.79 Å². The summed E-state index contributed by atoms with van der Waals surface area (Å²) in [4.78, 5) is 26.7. The lowest BCUT2D eigenvalue weighted by Crippen LogP contribution is -2.50. The summed E-state index contributed by atoms with van der Waals surface area (Å²) in [5, 5.41) is 7.69. The lowest BCUT2D eigenvalue weighted by molar-refractivity contribution is -0.116. The van der Waals surface area contributed by atoms with E-state index < -0.39 is 6.03 Å². The second-order valence-electron chi connectivity index (χ2n) is 8.52. The maximum absolute atomic E-state index is 13.4. The highest BCUT2D eigenvalue weighted by molar-refractivity contribution is 6.20. The fourth-order valence-corrected chi connectivity index (χ4v) is 4.49. The largest absolute Gasteiger partial charge is 0.351 e. The highest BCUT2D eigenvalue weighted by Crippen LogP contribution is 2.26. The van der Waals surface area contributed by atoms with E-state index in [1.165, 1.54) is 12.1 Å². The van der Waals surface area contributed by atoms with Gasteiger partial charge in [-0.3, -0.25) is 4.79 Å². The molecule has 3 rings (SSSR count). The van der Waals surface area contributed by atoms with Crippen molar-refractivity contribution in [1.29, 1.82) is 0 Å². The Bertz CT molecular complexity index is 1060. The van der Waals surface area contributed by atoms with E-state index in [1.54, 1.807) is 34.0 Å². The number of nitrogens with zero attached hydrogens (tertiary/aromatic N) is 3. The molecule has 1 saturated heterocycles. The summed E-state index contributed by atoms with van der Waals surface area (Å²) in [6.07, 6.45) is 10.8. The third-order valence-corrected chi connectivity index (χ3v) is 6.31. The molecule has 2 aromatic rings. The monoisotopic (exact) mass is 467 g/mol. The summed E-state index contributed by atoms with van der Waals surface area (Å²) in [7, 11) is 0. The predicted octanol–water partition coefficient (Wildman–Crippen LogP) is 4.52. The van der Waals surface area contributed by atoms with Crippen molar-refractivity contribution in [3.8, 4) is 5.69 Å². The number of nitrogens with one attached hydrogen (secondary N) is 1. The van der Waals surface area contributed by atoms with E-state index in [9.17, 15) is 14.0 Å². The van der Waals surface area contributed by atoms with Crippen molar-refractivity contribution in [3.05, 3.63) is 59.7 Å². The number of urea groups is 1. The third-order valence-electron chi connectivity index (χ3n) is 6.31. The molecule has 1 aromatic carbocycles. The van der Waals surface area contributed by atoms with Crippen molar-refractivity contribution in [3.63, 3.8) is 0 Å². The molecule has 1 aliphatic heterocycles. The maximum Gasteiger partial charge on any atom is 0.314 e. The van der Waals surface area contributed by atoms with Gasteiger partial charge in [0.1, 0.15) is 5.82 Å². The van der Waals surface area contributed by atoms with Crippen LogP contribution in [-0.4, -0.2) is 45.8 Å². The van der Waals surface area contributed by atoms with Crippen LogP contribution in [0.5, 0.6) is 0 Å². The quantitative estimate of drug-likeness (QED) is 0.559. The number of piperidine rings is 1. The molecule has 1 aromatic heterocycles. The zero-order chi connectivity index (χ0) is 24.7. The van der Waals surface area contributed by atoms with Gasteiger partial charge in [-0.05, 0) is 68.9 Å². The van der Waals surface area contributed by atoms with Crippen LogP contribution in [0.4, 0.5) is 9.18 Å². The number of aromatic nitrogens is 2. The Morgan fingerprint density at radius 1 is 1.29 bits per heavy atom. The standard InChI is InChI=1S/C26H34FN5O2/c1-4-7-10-24-22(16-29-32(24)20-13-11-19(27)12-14-20)21(5-2)25(33)30-23(6-3)18-9-8-15-31(17-18)26(28)34/h5,7,10-14,16,18,23H,4,6,8-9,15,17H2,1-3H3,(H2,28,34)(H,30,33)/b10-7?,21-5+. The van der Waals surface area contributed by atoms with Crippen LogP contribution in [0.2, 0.25) is 0 Å². The molecule has 7 nitrogen and oxygen atoms in total. The van der Waals surface area contributed by atoms with Crippen LogP contribution in [0.15, 0.2) is 42.6 Å². The first-order valence-corrected chi connectivity index (χ1v) is 11.9. The van der Waals surface area contributed by atoms with E-state index in [0.717, 1.165) is 31.4 Å². The van der Waals surface area contributed by atoms with E-state index >= 15 is 0 Å². The van der Waals surface area contributed by atoms with Gasteiger partial charge in [0.2, 0.25) is 0 Å². The Morgan fingerprint density at radius 3 is 2.65 bits per heavy atom. The molecule has 2 unspecified atom stereocenters. The third kappa shape index (κ3) is 5.73. The first-order valence-electron chi connectivity index (χ1n) is 11.9. The van der Waals surface area contributed by atoms with Gasteiger partial charge in [0, 0.05) is 30.3 Å². The topological polar surface area (TPSA) is 93.2 Å². The number of carbonyl (C=O) groups excluding carboxylic acids is 2. The Morgan fingerprint density at radius 2 is 2.03 bits per heavy atom. The number of nitrogens with two attached hydrogens (primary N) is 1. The molecule has 0 radical (unpaired) electrons. The molecule has 2 heterocycles. The van der Waals surface area contributed by atoms with E-state index in [-0.39, 0.29) is 23.7 Å². The van der Waals surface area contributed by atoms with Crippen LogP contribution >= 0.6 is 0 Å². The zero-order valence-electron chi connectivity index (χ0n) is 20.1. The molecule has 0 spiro atoms. The van der Waals surface area contributed by atoms with Gasteiger partial charge in [0.25, 0.3) is 5.91 Å². The zero-order valence-corrected chi connectivity index (χ0v) is 20.1. The number of primary amides is 1. The van der Waals surface area contributed by atoms with Crippen molar-refractivity contribution in [2.45, 2.75) is 52.5 Å². The molecule has 3 N–H and O–H groups in total. The predicted molar refractivity (Wildman–Crippen MR) is 133 cm³/mol. The summed E-state index contributed by atoms with van der Waals surface area (Å²) in [6.45, 7) is 7.10. The summed E-state index contributed by atoms with van der Waals surface area (Å²) < 4.78 is 15.2. The fourth-order valence-electron chi connectivity index (χ4n) is 4.49. The number of likely N-dealkylation sites (tertiary alicyclic amines) is 1. The van der Waals surface area contributed by atoms with E-state index in [2.05, 4.69) is 10.4 Å². The number of carbonyl (C=O) groups is 2. The van der Waals surface area contributed by atoms with Crippen LogP contribution in [0.1, 0.15) is 57.7 Å². The number of hydrogen-bond donors (Lipinski definition) is 2. The first kappa shape index (κ1) is 25.2. The summed E-state index contributed by atoms with van der Waals surface area (Å²) in [5.41, 5.74) is 8.17. The molecule has 0 aliphatic carbocycles. The molecule has 1 fully saturated rings. The molecule has 0 saturated carbocycles. The minimum atomic E-state index is -0.416. The van der Waals surface area contributed by atoms with Crippen molar-refractivity contribution < 1.29 is 14.0 Å². The van der Waals surface area contributed by atoms with Gasteiger partial charge in [0.15, 0.2) is 0 Å². The molecule has 0 bridgehead atoms. The average molecular weight is 468 g/mol. The molecule has 3 amide bonds. The Balaban J connectivity index is 1.87. The van der Waals surface area contributed by atoms with Gasteiger partial charge in [-0.2, -0.15) is 5.10 Å². The molecule has 182 valence electrons. The number of rotatable bonds is 8. The van der Waals surface area contributed by atoms with Gasteiger partial charge >= 0.3 is 6.03 Å². The number of benzene rings is 1. The van der Waals surface area contributed by atoms with Crippen molar-refractivity contribution in [2.24, 2.45) is 11.7 Å². The van der Waals surface area contributed by atoms with Crippen LogP contribution < -0.4 is 11.1 Å². The number of halogens is 1. The van der Waals surface area contributed by atoms with Gasteiger partial charge in [-0.1, -0.05) is 26.0 Å². The van der Waals surface area contributed by atoms with Gasteiger partial charge in [-0.15, -0.1) is 0 Å². The molecule has 34 heavy (non-hydrogen) atoms. The smallest absolute Gasteiger partial charge is 0.314 e. The number of allylic oxidation sites excluding steroid dienone is 2. The molecular formula is C26H34FN5O2. The summed E-state index contributed by atoms with van der Waals surface area (Å²) in [6, 6.07) is 5.60. The molecular weight excluding hydrogens is 433 g/mol. The number of amides is 3. The normalized spacial score (nSPS) is 17.7. The highest BCUT2D eigenvalue weighted by Gasteiger charge is 2.30.